The van der Waals surface area contributed by atoms with E-state index < -0.39 is 0 Å². The summed E-state index contributed by atoms with van der Waals surface area (Å²) in [5, 5.41) is 9.49. The second-order valence-electron chi connectivity index (χ2n) is 5.97. The number of rotatable bonds is 3. The number of anilines is 1. The third kappa shape index (κ3) is 2.36. The van der Waals surface area contributed by atoms with E-state index in [4.69, 9.17) is 0 Å². The summed E-state index contributed by atoms with van der Waals surface area (Å²) in [6, 6.07) is 3.31. The fraction of sp³-hybridized carbons (Fsp3) is 0.400. The molecule has 4 heterocycles. The van der Waals surface area contributed by atoms with Crippen LogP contribution in [-0.4, -0.2) is 42.6 Å². The average Bonchev–Trinajstić information content (AvgIpc) is 2.88. The predicted molar refractivity (Wildman–Crippen MR) is 85.2 cm³/mol. The summed E-state index contributed by atoms with van der Waals surface area (Å²) in [5.41, 5.74) is 1.63. The van der Waals surface area contributed by atoms with Gasteiger partial charge in [0.05, 0.1) is 23.8 Å². The van der Waals surface area contributed by atoms with Crippen molar-refractivity contribution in [3.63, 3.8) is 0 Å². The first-order chi connectivity index (χ1) is 11.1. The van der Waals surface area contributed by atoms with E-state index in [2.05, 4.69) is 25.1 Å². The third-order valence-corrected chi connectivity index (χ3v) is 4.20. The molecule has 8 nitrogen and oxygen atoms in total. The zero-order chi connectivity index (χ0) is 16.0. The molecule has 4 rings (SSSR count). The van der Waals surface area contributed by atoms with Crippen molar-refractivity contribution in [1.82, 2.24) is 29.5 Å². The van der Waals surface area contributed by atoms with Crippen molar-refractivity contribution in [3.05, 3.63) is 40.7 Å². The molecule has 1 aliphatic heterocycles. The van der Waals surface area contributed by atoms with E-state index in [1.807, 2.05) is 14.0 Å². The van der Waals surface area contributed by atoms with E-state index in [-0.39, 0.29) is 5.56 Å². The standard InChI is InChI=1S/C15H17N7O/c1-10-3-4-13(23)22(19-10)8-11-6-21(7-11)15-12-5-18-20(2)14(12)16-9-17-15/h3-5,9,11H,6-8H2,1-2H3. The molecule has 3 aromatic heterocycles. The largest absolute Gasteiger partial charge is 0.355 e. The molecule has 1 saturated heterocycles. The fourth-order valence-electron chi connectivity index (χ4n) is 2.99. The van der Waals surface area contributed by atoms with Gasteiger partial charge in [-0.25, -0.2) is 14.6 Å². The van der Waals surface area contributed by atoms with E-state index in [9.17, 15) is 4.79 Å². The SMILES string of the molecule is Cc1ccc(=O)n(CC2CN(c3ncnc4c3cnn4C)C2)n1. The lowest BCUT2D eigenvalue weighted by Gasteiger charge is -2.40. The molecule has 0 radical (unpaired) electrons. The van der Waals surface area contributed by atoms with Crippen molar-refractivity contribution in [2.24, 2.45) is 13.0 Å². The molecule has 0 spiro atoms. The van der Waals surface area contributed by atoms with Gasteiger partial charge >= 0.3 is 0 Å². The number of nitrogens with zero attached hydrogens (tertiary/aromatic N) is 7. The molecule has 1 aliphatic rings. The highest BCUT2D eigenvalue weighted by atomic mass is 16.1. The van der Waals surface area contributed by atoms with Crippen LogP contribution in [0.5, 0.6) is 0 Å². The van der Waals surface area contributed by atoms with Gasteiger partial charge in [-0.1, -0.05) is 0 Å². The third-order valence-electron chi connectivity index (χ3n) is 4.20. The lowest BCUT2D eigenvalue weighted by atomic mass is 10.00. The molecule has 0 unspecified atom stereocenters. The molecule has 118 valence electrons. The van der Waals surface area contributed by atoms with Gasteiger partial charge < -0.3 is 4.90 Å². The molecule has 1 fully saturated rings. The van der Waals surface area contributed by atoms with Crippen LogP contribution in [-0.2, 0) is 13.6 Å². The fourth-order valence-corrected chi connectivity index (χ4v) is 2.99. The summed E-state index contributed by atoms with van der Waals surface area (Å²) in [4.78, 5) is 22.7. The molecule has 23 heavy (non-hydrogen) atoms. The Balaban J connectivity index is 1.51. The van der Waals surface area contributed by atoms with Crippen LogP contribution in [0, 0.1) is 12.8 Å². The maximum Gasteiger partial charge on any atom is 0.266 e. The van der Waals surface area contributed by atoms with Gasteiger partial charge in [0.25, 0.3) is 5.56 Å². The molecule has 8 heteroatoms. The zero-order valence-corrected chi connectivity index (χ0v) is 13.0. The van der Waals surface area contributed by atoms with Crippen LogP contribution in [0.1, 0.15) is 5.69 Å². The first kappa shape index (κ1) is 13.9. The average molecular weight is 311 g/mol. The second-order valence-corrected chi connectivity index (χ2v) is 5.97. The number of hydrogen-bond donors (Lipinski definition) is 0. The van der Waals surface area contributed by atoms with Crippen molar-refractivity contribution >= 4 is 16.9 Å². The Labute approximate surface area is 132 Å². The topological polar surface area (TPSA) is 81.7 Å². The second kappa shape index (κ2) is 5.15. The Morgan fingerprint density at radius 2 is 2.09 bits per heavy atom. The minimum atomic E-state index is -0.0502. The van der Waals surface area contributed by atoms with Crippen molar-refractivity contribution in [2.75, 3.05) is 18.0 Å². The van der Waals surface area contributed by atoms with Gasteiger partial charge in [0.1, 0.15) is 12.1 Å². The molecule has 0 bridgehead atoms. The number of hydrogen-bond acceptors (Lipinski definition) is 6. The maximum atomic E-state index is 11.8. The van der Waals surface area contributed by atoms with Crippen LogP contribution >= 0.6 is 0 Å². The molecule has 0 aliphatic carbocycles. The van der Waals surface area contributed by atoms with Crippen molar-refractivity contribution in [3.8, 4) is 0 Å². The van der Waals surface area contributed by atoms with Crippen molar-refractivity contribution in [1.29, 1.82) is 0 Å². The lowest BCUT2D eigenvalue weighted by Crippen LogP contribution is -2.50. The molecule has 0 aromatic carbocycles. The summed E-state index contributed by atoms with van der Waals surface area (Å²) < 4.78 is 3.30. The van der Waals surface area contributed by atoms with Gasteiger partial charge in [-0.2, -0.15) is 10.2 Å². The van der Waals surface area contributed by atoms with E-state index in [0.29, 0.717) is 12.5 Å². The van der Waals surface area contributed by atoms with Gasteiger partial charge in [0, 0.05) is 32.1 Å². The lowest BCUT2D eigenvalue weighted by molar-refractivity contribution is 0.332. The van der Waals surface area contributed by atoms with Gasteiger partial charge in [0.15, 0.2) is 5.65 Å². The monoisotopic (exact) mass is 311 g/mol. The van der Waals surface area contributed by atoms with Crippen molar-refractivity contribution < 1.29 is 0 Å². The zero-order valence-electron chi connectivity index (χ0n) is 13.0. The normalized spacial score (nSPS) is 15.1. The smallest absolute Gasteiger partial charge is 0.266 e. The molecule has 3 aromatic rings. The highest BCUT2D eigenvalue weighted by Gasteiger charge is 2.30. The Morgan fingerprint density at radius 1 is 1.26 bits per heavy atom. The van der Waals surface area contributed by atoms with Crippen LogP contribution in [0.15, 0.2) is 29.5 Å². The van der Waals surface area contributed by atoms with Crippen LogP contribution in [0.4, 0.5) is 5.82 Å². The summed E-state index contributed by atoms with van der Waals surface area (Å²) in [7, 11) is 1.87. The molecule has 0 saturated carbocycles. The quantitative estimate of drug-likeness (QED) is 0.695. The summed E-state index contributed by atoms with van der Waals surface area (Å²) in [5.74, 6) is 1.30. The van der Waals surface area contributed by atoms with Crippen molar-refractivity contribution in [2.45, 2.75) is 13.5 Å². The molecular formula is C15H17N7O. The summed E-state index contributed by atoms with van der Waals surface area (Å²) in [6.07, 6.45) is 3.36. The molecular weight excluding hydrogens is 294 g/mol. The molecule has 0 amide bonds. The van der Waals surface area contributed by atoms with E-state index in [1.165, 1.54) is 0 Å². The van der Waals surface area contributed by atoms with Gasteiger partial charge in [-0.05, 0) is 13.0 Å². The Morgan fingerprint density at radius 3 is 2.91 bits per heavy atom. The predicted octanol–water partition coefficient (Wildman–Crippen LogP) is 0.365. The number of fused-ring (bicyclic) bond motifs is 1. The van der Waals surface area contributed by atoms with Crippen LogP contribution < -0.4 is 10.5 Å². The van der Waals surface area contributed by atoms with E-state index >= 15 is 0 Å². The maximum absolute atomic E-state index is 11.8. The minimum absolute atomic E-state index is 0.0502. The first-order valence-electron chi connectivity index (χ1n) is 7.54. The van der Waals surface area contributed by atoms with Crippen LogP contribution in [0.3, 0.4) is 0 Å². The molecule has 0 N–H and O–H groups in total. The Hall–Kier alpha value is -2.77. The first-order valence-corrected chi connectivity index (χ1v) is 7.54. The number of aryl methyl sites for hydroxylation is 2. The Bertz CT molecular complexity index is 923. The van der Waals surface area contributed by atoms with Crippen LogP contribution in [0.2, 0.25) is 0 Å². The summed E-state index contributed by atoms with van der Waals surface area (Å²) >= 11 is 0. The molecule has 0 atom stereocenters. The van der Waals surface area contributed by atoms with Gasteiger partial charge in [-0.15, -0.1) is 0 Å². The van der Waals surface area contributed by atoms with E-state index in [0.717, 1.165) is 35.6 Å². The Kier molecular flexibility index (Phi) is 3.10. The highest BCUT2D eigenvalue weighted by Crippen LogP contribution is 2.28. The van der Waals surface area contributed by atoms with Gasteiger partial charge in [0.2, 0.25) is 0 Å². The summed E-state index contributed by atoms with van der Waals surface area (Å²) in [6.45, 7) is 4.23. The number of aromatic nitrogens is 6. The van der Waals surface area contributed by atoms with Gasteiger partial charge in [-0.3, -0.25) is 9.48 Å². The van der Waals surface area contributed by atoms with Crippen LogP contribution in [0.25, 0.3) is 11.0 Å². The highest BCUT2D eigenvalue weighted by molar-refractivity contribution is 5.86. The minimum Gasteiger partial charge on any atom is -0.355 e. The van der Waals surface area contributed by atoms with E-state index in [1.54, 1.807) is 34.0 Å².